The molecule has 4 rings (SSSR count). The number of thioether (sulfide) groups is 1. The molecule has 0 aromatic heterocycles. The van der Waals surface area contributed by atoms with E-state index in [-0.39, 0.29) is 6.10 Å². The zero-order chi connectivity index (χ0) is 29.2. The Kier molecular flexibility index (Phi) is 11.4. The van der Waals surface area contributed by atoms with E-state index in [0.717, 1.165) is 40.7 Å². The van der Waals surface area contributed by atoms with Gasteiger partial charge < -0.3 is 19.9 Å². The molecular formula is C34H41NO5S. The van der Waals surface area contributed by atoms with Crippen molar-refractivity contribution in [2.24, 2.45) is 0 Å². The van der Waals surface area contributed by atoms with Gasteiger partial charge in [-0.3, -0.25) is 4.79 Å². The smallest absolute Gasteiger partial charge is 0.326 e. The Labute approximate surface area is 247 Å². The average molecular weight is 576 g/mol. The number of fused-ring (bicyclic) bond motifs is 1. The summed E-state index contributed by atoms with van der Waals surface area (Å²) in [6, 6.07) is 19.3. The summed E-state index contributed by atoms with van der Waals surface area (Å²) in [5.41, 5.74) is 8.05. The Morgan fingerprint density at radius 3 is 2.51 bits per heavy atom. The first kappa shape index (κ1) is 30.8. The molecule has 1 aliphatic rings. The Morgan fingerprint density at radius 1 is 1.00 bits per heavy atom. The Morgan fingerprint density at radius 2 is 1.78 bits per heavy atom. The standard InChI is InChI=1S/C34H41NO5S/c1-4-39-22-32(27-15-14-25-10-6-7-11-26(25)20-27)40-21-24-13-16-29(30(19-24)28-12-8-5-9-23(28)2)33(36)35-31(34(37)38)17-18-41-3/h5,8-9,12-16,19-20,31-32H,4,6-7,10-11,17-18,21-22H2,1-3H3,(H,35,36)(H,37,38)/t31-,32+/m0/s1. The van der Waals surface area contributed by atoms with Crippen LogP contribution in [0.15, 0.2) is 60.7 Å². The zero-order valence-electron chi connectivity index (χ0n) is 24.3. The molecule has 0 fully saturated rings. The summed E-state index contributed by atoms with van der Waals surface area (Å²) in [7, 11) is 0. The molecule has 0 unspecified atom stereocenters. The van der Waals surface area contributed by atoms with E-state index in [1.54, 1.807) is 17.8 Å². The highest BCUT2D eigenvalue weighted by molar-refractivity contribution is 7.98. The summed E-state index contributed by atoms with van der Waals surface area (Å²) in [6.45, 7) is 5.42. The second-order valence-electron chi connectivity index (χ2n) is 10.5. The molecule has 2 N–H and O–H groups in total. The van der Waals surface area contributed by atoms with Crippen LogP contribution in [0.5, 0.6) is 0 Å². The fraction of sp³-hybridized carbons (Fsp3) is 0.412. The van der Waals surface area contributed by atoms with Gasteiger partial charge in [0.15, 0.2) is 0 Å². The van der Waals surface area contributed by atoms with Crippen LogP contribution in [0, 0.1) is 6.92 Å². The number of carbonyl (C=O) groups is 2. The summed E-state index contributed by atoms with van der Waals surface area (Å²) in [4.78, 5) is 25.2. The number of aryl methyl sites for hydroxylation is 3. The van der Waals surface area contributed by atoms with E-state index in [1.165, 1.54) is 24.0 Å². The lowest BCUT2D eigenvalue weighted by molar-refractivity contribution is -0.139. The number of hydrogen-bond donors (Lipinski definition) is 2. The number of amides is 1. The van der Waals surface area contributed by atoms with Crippen LogP contribution in [0.4, 0.5) is 0 Å². The minimum atomic E-state index is -1.03. The molecule has 0 saturated carbocycles. The van der Waals surface area contributed by atoms with E-state index in [0.29, 0.717) is 37.6 Å². The summed E-state index contributed by atoms with van der Waals surface area (Å²) in [5, 5.41) is 12.4. The van der Waals surface area contributed by atoms with Gasteiger partial charge in [-0.15, -0.1) is 0 Å². The molecule has 0 bridgehead atoms. The average Bonchev–Trinajstić information content (AvgIpc) is 2.99. The van der Waals surface area contributed by atoms with Crippen molar-refractivity contribution < 1.29 is 24.2 Å². The van der Waals surface area contributed by atoms with Crippen molar-refractivity contribution in [3.05, 3.63) is 94.0 Å². The monoisotopic (exact) mass is 575 g/mol. The molecule has 41 heavy (non-hydrogen) atoms. The van der Waals surface area contributed by atoms with Gasteiger partial charge in [0, 0.05) is 12.2 Å². The minimum Gasteiger partial charge on any atom is -0.480 e. The third-order valence-electron chi connectivity index (χ3n) is 7.65. The normalized spacial score (nSPS) is 14.2. The first-order valence-electron chi connectivity index (χ1n) is 14.4. The number of rotatable bonds is 14. The molecule has 7 heteroatoms. The molecular weight excluding hydrogens is 534 g/mol. The van der Waals surface area contributed by atoms with Crippen LogP contribution >= 0.6 is 11.8 Å². The topological polar surface area (TPSA) is 84.9 Å². The van der Waals surface area contributed by atoms with Crippen molar-refractivity contribution in [1.29, 1.82) is 0 Å². The second-order valence-corrected chi connectivity index (χ2v) is 11.5. The number of benzene rings is 3. The van der Waals surface area contributed by atoms with Crippen LogP contribution in [0.2, 0.25) is 0 Å². The van der Waals surface area contributed by atoms with Crippen molar-refractivity contribution in [2.75, 3.05) is 25.2 Å². The molecule has 3 aromatic carbocycles. The van der Waals surface area contributed by atoms with Gasteiger partial charge in [-0.25, -0.2) is 4.79 Å². The van der Waals surface area contributed by atoms with Gasteiger partial charge in [0.25, 0.3) is 5.91 Å². The summed E-state index contributed by atoms with van der Waals surface area (Å²) in [6.07, 6.45) is 6.78. The molecule has 218 valence electrons. The van der Waals surface area contributed by atoms with Crippen LogP contribution in [0.3, 0.4) is 0 Å². The van der Waals surface area contributed by atoms with E-state index >= 15 is 0 Å². The maximum absolute atomic E-state index is 13.4. The van der Waals surface area contributed by atoms with Gasteiger partial charge in [-0.1, -0.05) is 48.5 Å². The highest BCUT2D eigenvalue weighted by Crippen LogP contribution is 2.31. The highest BCUT2D eigenvalue weighted by Gasteiger charge is 2.23. The van der Waals surface area contributed by atoms with Crippen molar-refractivity contribution in [1.82, 2.24) is 5.32 Å². The van der Waals surface area contributed by atoms with Crippen LogP contribution in [0.25, 0.3) is 11.1 Å². The number of nitrogens with one attached hydrogen (secondary N) is 1. The number of aliphatic carboxylic acids is 1. The van der Waals surface area contributed by atoms with Crippen LogP contribution in [-0.4, -0.2) is 48.2 Å². The van der Waals surface area contributed by atoms with Gasteiger partial charge in [0.1, 0.15) is 12.1 Å². The van der Waals surface area contributed by atoms with Crippen LogP contribution < -0.4 is 5.32 Å². The predicted octanol–water partition coefficient (Wildman–Crippen LogP) is 6.77. The molecule has 1 amide bonds. The van der Waals surface area contributed by atoms with Gasteiger partial charge in [0.05, 0.1) is 13.2 Å². The molecule has 1 aliphatic carbocycles. The second kappa shape index (κ2) is 15.2. The SMILES string of the molecule is CCOC[C@@H](OCc1ccc(C(=O)N[C@@H](CCSC)C(=O)O)c(-c2ccccc2C)c1)c1ccc2c(c1)CCCC2. The number of carbonyl (C=O) groups excluding carboxylic acids is 1. The third kappa shape index (κ3) is 8.22. The zero-order valence-corrected chi connectivity index (χ0v) is 25.1. The summed E-state index contributed by atoms with van der Waals surface area (Å²) >= 11 is 1.55. The van der Waals surface area contributed by atoms with Crippen LogP contribution in [-0.2, 0) is 33.7 Å². The Hall–Kier alpha value is -3.13. The fourth-order valence-corrected chi connectivity index (χ4v) is 5.79. The van der Waals surface area contributed by atoms with E-state index < -0.39 is 17.9 Å². The highest BCUT2D eigenvalue weighted by atomic mass is 32.2. The van der Waals surface area contributed by atoms with E-state index in [2.05, 4.69) is 23.5 Å². The lowest BCUT2D eigenvalue weighted by atomic mass is 9.89. The maximum atomic E-state index is 13.4. The van der Waals surface area contributed by atoms with Gasteiger partial charge in [-0.2, -0.15) is 11.8 Å². The predicted molar refractivity (Wildman–Crippen MR) is 166 cm³/mol. The maximum Gasteiger partial charge on any atom is 0.326 e. The molecule has 0 radical (unpaired) electrons. The van der Waals surface area contributed by atoms with Crippen molar-refractivity contribution in [2.45, 2.75) is 64.7 Å². The van der Waals surface area contributed by atoms with Crippen LogP contribution in [0.1, 0.15) is 70.5 Å². The molecule has 0 heterocycles. The number of hydrogen-bond acceptors (Lipinski definition) is 5. The number of carboxylic acid groups (broad SMARTS) is 1. The molecule has 0 aliphatic heterocycles. The molecule has 0 spiro atoms. The minimum absolute atomic E-state index is 0.208. The number of carboxylic acids is 1. The quantitative estimate of drug-likeness (QED) is 0.221. The fourth-order valence-electron chi connectivity index (χ4n) is 5.32. The molecule has 6 nitrogen and oxygen atoms in total. The Balaban J connectivity index is 1.60. The summed E-state index contributed by atoms with van der Waals surface area (Å²) < 4.78 is 12.3. The first-order valence-corrected chi connectivity index (χ1v) is 15.8. The van der Waals surface area contributed by atoms with Crippen molar-refractivity contribution in [3.63, 3.8) is 0 Å². The van der Waals surface area contributed by atoms with E-state index in [4.69, 9.17) is 9.47 Å². The van der Waals surface area contributed by atoms with Gasteiger partial charge >= 0.3 is 5.97 Å². The lowest BCUT2D eigenvalue weighted by Gasteiger charge is -2.22. The Bertz CT molecular complexity index is 1340. The number of ether oxygens (including phenoxy) is 2. The third-order valence-corrected chi connectivity index (χ3v) is 8.29. The molecule has 3 aromatic rings. The van der Waals surface area contributed by atoms with E-state index in [9.17, 15) is 14.7 Å². The largest absolute Gasteiger partial charge is 0.480 e. The first-order chi connectivity index (χ1) is 19.9. The van der Waals surface area contributed by atoms with Gasteiger partial charge in [0.2, 0.25) is 0 Å². The van der Waals surface area contributed by atoms with Crippen molar-refractivity contribution in [3.8, 4) is 11.1 Å². The lowest BCUT2D eigenvalue weighted by Crippen LogP contribution is -2.41. The molecule has 2 atom stereocenters. The van der Waals surface area contributed by atoms with Crippen molar-refractivity contribution >= 4 is 23.6 Å². The van der Waals surface area contributed by atoms with E-state index in [1.807, 2.05) is 56.5 Å². The summed E-state index contributed by atoms with van der Waals surface area (Å²) in [5.74, 6) is -0.782. The molecule has 0 saturated heterocycles. The van der Waals surface area contributed by atoms with Gasteiger partial charge in [-0.05, 0) is 109 Å².